The second kappa shape index (κ2) is 8.47. The zero-order valence-electron chi connectivity index (χ0n) is 16.3. The molecule has 30 heavy (non-hydrogen) atoms. The highest BCUT2D eigenvalue weighted by Gasteiger charge is 2.23. The van der Waals surface area contributed by atoms with Crippen molar-refractivity contribution in [1.82, 2.24) is 4.31 Å². The van der Waals surface area contributed by atoms with Crippen molar-refractivity contribution in [3.8, 4) is 5.75 Å². The molecule has 3 aromatic rings. The van der Waals surface area contributed by atoms with Gasteiger partial charge in [-0.15, -0.1) is 0 Å². The van der Waals surface area contributed by atoms with Gasteiger partial charge in [-0.3, -0.25) is 0 Å². The molecule has 3 rings (SSSR count). The summed E-state index contributed by atoms with van der Waals surface area (Å²) in [6.45, 7) is -0.217. The van der Waals surface area contributed by atoms with Crippen LogP contribution in [0.5, 0.6) is 5.75 Å². The van der Waals surface area contributed by atoms with Crippen LogP contribution in [-0.2, 0) is 21.4 Å². The van der Waals surface area contributed by atoms with Crippen molar-refractivity contribution >= 4 is 38.6 Å². The Kier molecular flexibility index (Phi) is 6.16. The first-order chi connectivity index (χ1) is 14.1. The van der Waals surface area contributed by atoms with E-state index in [0.717, 1.165) is 10.4 Å². The van der Waals surface area contributed by atoms with Crippen molar-refractivity contribution < 1.29 is 27.1 Å². The Balaban J connectivity index is 1.89. The fourth-order valence-corrected chi connectivity index (χ4v) is 4.10. The van der Waals surface area contributed by atoms with Crippen molar-refractivity contribution in [3.63, 3.8) is 0 Å². The van der Waals surface area contributed by atoms with E-state index in [0.29, 0.717) is 22.3 Å². The molecule has 1 heterocycles. The zero-order chi connectivity index (χ0) is 22.1. The predicted molar refractivity (Wildman–Crippen MR) is 110 cm³/mol. The Morgan fingerprint density at radius 3 is 2.53 bits per heavy atom. The van der Waals surface area contributed by atoms with Crippen LogP contribution in [0.2, 0.25) is 5.02 Å². The van der Waals surface area contributed by atoms with Crippen LogP contribution in [0.15, 0.2) is 56.6 Å². The molecule has 0 aliphatic heterocycles. The zero-order valence-corrected chi connectivity index (χ0v) is 17.9. The highest BCUT2D eigenvalue weighted by atomic mass is 35.5. The van der Waals surface area contributed by atoms with E-state index in [-0.39, 0.29) is 22.1 Å². The molecule has 0 bridgehead atoms. The lowest BCUT2D eigenvalue weighted by Crippen LogP contribution is -2.23. The van der Waals surface area contributed by atoms with E-state index in [4.69, 9.17) is 25.5 Å². The maximum atomic E-state index is 12.5. The lowest BCUT2D eigenvalue weighted by Gasteiger charge is -2.14. The molecule has 0 aliphatic carbocycles. The highest BCUT2D eigenvalue weighted by molar-refractivity contribution is 7.89. The number of carbonyl (C=O) groups excluding carboxylic acids is 1. The first-order valence-corrected chi connectivity index (χ1v) is 10.5. The Morgan fingerprint density at radius 1 is 1.13 bits per heavy atom. The number of methoxy groups -OCH3 is 1. The Hall–Kier alpha value is -2.88. The van der Waals surface area contributed by atoms with E-state index in [2.05, 4.69) is 0 Å². The molecule has 0 fully saturated rings. The summed E-state index contributed by atoms with van der Waals surface area (Å²) in [6.07, 6.45) is 0. The molecule has 10 heteroatoms. The molecule has 0 spiro atoms. The first-order valence-electron chi connectivity index (χ1n) is 8.63. The number of sulfonamides is 1. The summed E-state index contributed by atoms with van der Waals surface area (Å²) in [7, 11) is 0.362. The summed E-state index contributed by atoms with van der Waals surface area (Å²) < 4.78 is 41.3. The smallest absolute Gasteiger partial charge is 0.338 e. The Morgan fingerprint density at radius 2 is 1.87 bits per heavy atom. The van der Waals surface area contributed by atoms with Gasteiger partial charge in [0.25, 0.3) is 0 Å². The summed E-state index contributed by atoms with van der Waals surface area (Å²) in [4.78, 5) is 24.1. The lowest BCUT2D eigenvalue weighted by molar-refractivity contribution is 0.0473. The second-order valence-electron chi connectivity index (χ2n) is 6.46. The van der Waals surface area contributed by atoms with Gasteiger partial charge in [-0.1, -0.05) is 11.6 Å². The molecule has 0 N–H and O–H groups in total. The largest absolute Gasteiger partial charge is 0.497 e. The quantitative estimate of drug-likeness (QED) is 0.419. The fraction of sp³-hybridized carbons (Fsp3) is 0.200. The van der Waals surface area contributed by atoms with Gasteiger partial charge in [-0.05, 0) is 30.3 Å². The Bertz CT molecular complexity index is 1280. The number of hydrogen-bond acceptors (Lipinski definition) is 7. The molecule has 8 nitrogen and oxygen atoms in total. The molecule has 2 aromatic carbocycles. The minimum Gasteiger partial charge on any atom is -0.497 e. The Labute approximate surface area is 177 Å². The molecular weight excluding hydrogens is 434 g/mol. The number of fused-ring (bicyclic) bond motifs is 1. The van der Waals surface area contributed by atoms with Crippen molar-refractivity contribution in [3.05, 3.63) is 69.0 Å². The molecule has 0 saturated carbocycles. The van der Waals surface area contributed by atoms with Crippen LogP contribution < -0.4 is 10.4 Å². The van der Waals surface area contributed by atoms with Gasteiger partial charge in [0.1, 0.15) is 22.8 Å². The molecule has 0 aliphatic rings. The first kappa shape index (κ1) is 21.8. The number of esters is 1. The average molecular weight is 452 g/mol. The fourth-order valence-electron chi connectivity index (χ4n) is 2.71. The van der Waals surface area contributed by atoms with E-state index in [9.17, 15) is 18.0 Å². The highest BCUT2D eigenvalue weighted by Crippen LogP contribution is 2.26. The molecule has 1 aromatic heterocycles. The van der Waals surface area contributed by atoms with Gasteiger partial charge < -0.3 is 13.9 Å². The van der Waals surface area contributed by atoms with Crippen LogP contribution in [0.1, 0.15) is 15.9 Å². The molecule has 0 atom stereocenters. The molecule has 0 radical (unpaired) electrons. The van der Waals surface area contributed by atoms with Gasteiger partial charge in [0.2, 0.25) is 10.0 Å². The normalized spacial score (nSPS) is 11.6. The summed E-state index contributed by atoms with van der Waals surface area (Å²) in [5.74, 6) is -0.257. The van der Waals surface area contributed by atoms with Crippen molar-refractivity contribution in [1.29, 1.82) is 0 Å². The maximum absolute atomic E-state index is 12.5. The topological polar surface area (TPSA) is 103 Å². The van der Waals surface area contributed by atoms with E-state index < -0.39 is 21.6 Å². The number of rotatable bonds is 6. The number of hydrogen-bond donors (Lipinski definition) is 0. The second-order valence-corrected chi connectivity index (χ2v) is 8.99. The number of ether oxygens (including phenoxy) is 2. The monoisotopic (exact) mass is 451 g/mol. The average Bonchev–Trinajstić information content (AvgIpc) is 2.71. The summed E-state index contributed by atoms with van der Waals surface area (Å²) in [5.41, 5.74) is 0.132. The van der Waals surface area contributed by atoms with Crippen molar-refractivity contribution in [2.75, 3.05) is 21.2 Å². The summed E-state index contributed by atoms with van der Waals surface area (Å²) in [6, 6.07) is 9.98. The van der Waals surface area contributed by atoms with Gasteiger partial charge in [-0.2, -0.15) is 0 Å². The van der Waals surface area contributed by atoms with Gasteiger partial charge in [0, 0.05) is 37.2 Å². The number of carbonyl (C=O) groups is 1. The SMILES string of the molecule is COc1ccc2c(COC(=O)c3ccc(Cl)c(S(=O)(=O)N(C)C)c3)cc(=O)oc2c1. The molecule has 158 valence electrons. The minimum atomic E-state index is -3.84. The van der Waals surface area contributed by atoms with Crippen LogP contribution in [0.3, 0.4) is 0 Å². The van der Waals surface area contributed by atoms with Crippen molar-refractivity contribution in [2.45, 2.75) is 11.5 Å². The van der Waals surface area contributed by atoms with E-state index >= 15 is 0 Å². The van der Waals surface area contributed by atoms with E-state index in [1.165, 1.54) is 39.4 Å². The van der Waals surface area contributed by atoms with Crippen LogP contribution in [0, 0.1) is 0 Å². The summed E-state index contributed by atoms with van der Waals surface area (Å²) in [5, 5.41) is 0.566. The number of benzene rings is 2. The van der Waals surface area contributed by atoms with E-state index in [1.807, 2.05) is 0 Å². The number of halogens is 1. The third-order valence-electron chi connectivity index (χ3n) is 4.32. The molecule has 0 saturated heterocycles. The van der Waals surface area contributed by atoms with Gasteiger partial charge >= 0.3 is 11.6 Å². The van der Waals surface area contributed by atoms with Gasteiger partial charge in [0.05, 0.1) is 17.7 Å². The van der Waals surface area contributed by atoms with Gasteiger partial charge in [-0.25, -0.2) is 22.3 Å². The summed E-state index contributed by atoms with van der Waals surface area (Å²) >= 11 is 6.00. The van der Waals surface area contributed by atoms with Crippen molar-refractivity contribution in [2.24, 2.45) is 0 Å². The minimum absolute atomic E-state index is 0.00812. The number of nitrogens with zero attached hydrogens (tertiary/aromatic N) is 1. The van der Waals surface area contributed by atoms with Crippen LogP contribution in [0.25, 0.3) is 11.0 Å². The molecule has 0 unspecified atom stereocenters. The molecular formula is C20H18ClNO7S. The maximum Gasteiger partial charge on any atom is 0.338 e. The lowest BCUT2D eigenvalue weighted by atomic mass is 10.1. The standard InChI is InChI=1S/C20H18ClNO7S/c1-22(2)30(25,26)18-8-12(4-7-16(18)21)20(24)28-11-13-9-19(23)29-17-10-14(27-3)5-6-15(13)17/h4-10H,11H2,1-3H3. The predicted octanol–water partition coefficient (Wildman–Crippen LogP) is 3.06. The molecule has 0 amide bonds. The van der Waals surface area contributed by atoms with Gasteiger partial charge in [0.15, 0.2) is 0 Å². The van der Waals surface area contributed by atoms with Crippen LogP contribution in [0.4, 0.5) is 0 Å². The third kappa shape index (κ3) is 4.33. The van der Waals surface area contributed by atoms with E-state index in [1.54, 1.807) is 18.2 Å². The van der Waals surface area contributed by atoms with Crippen LogP contribution in [-0.4, -0.2) is 39.9 Å². The third-order valence-corrected chi connectivity index (χ3v) is 6.62. The van der Waals surface area contributed by atoms with Crippen LogP contribution >= 0.6 is 11.6 Å².